The number of likely N-dealkylation sites (tertiary alicyclic amines) is 1. The Morgan fingerprint density at radius 2 is 1.88 bits per heavy atom. The molecule has 41 heavy (non-hydrogen) atoms. The average Bonchev–Trinajstić information content (AvgIpc) is 3.58. The molecule has 0 unspecified atom stereocenters. The summed E-state index contributed by atoms with van der Waals surface area (Å²) in [7, 11) is -4.04. The van der Waals surface area contributed by atoms with Crippen LogP contribution in [-0.2, 0) is 26.2 Å². The van der Waals surface area contributed by atoms with Crippen LogP contribution >= 0.6 is 11.3 Å². The molecule has 222 valence electrons. The molecular weight excluding hydrogens is 605 g/mol. The summed E-state index contributed by atoms with van der Waals surface area (Å²) >= 11 is 0.724. The summed E-state index contributed by atoms with van der Waals surface area (Å²) in [5, 5.41) is 0.898. The maximum atomic E-state index is 15.2. The second-order valence-corrected chi connectivity index (χ2v) is 11.4. The van der Waals surface area contributed by atoms with Gasteiger partial charge in [0, 0.05) is 49.4 Å². The van der Waals surface area contributed by atoms with Crippen LogP contribution in [0.2, 0.25) is 0 Å². The monoisotopic (exact) mass is 626 g/mol. The molecule has 0 aliphatic carbocycles. The zero-order valence-electron chi connectivity index (χ0n) is 21.0. The molecule has 2 heterocycles. The van der Waals surface area contributed by atoms with Crippen LogP contribution < -0.4 is 9.37 Å². The quantitative estimate of drug-likeness (QED) is 0.236. The molecule has 1 saturated heterocycles. The number of aromatic nitrogens is 1. The van der Waals surface area contributed by atoms with Gasteiger partial charge in [-0.05, 0) is 30.2 Å². The number of nitrogens with zero attached hydrogens (tertiary/aromatic N) is 4. The number of anilines is 2. The van der Waals surface area contributed by atoms with E-state index in [4.69, 9.17) is 0 Å². The normalized spacial score (nSPS) is 16.3. The van der Waals surface area contributed by atoms with E-state index in [-0.39, 0.29) is 17.3 Å². The van der Waals surface area contributed by atoms with E-state index in [1.807, 2.05) is 4.90 Å². The Labute approximate surface area is 233 Å². The summed E-state index contributed by atoms with van der Waals surface area (Å²) in [5.41, 5.74) is 1.48. The number of thiazole rings is 1. The Morgan fingerprint density at radius 3 is 2.46 bits per heavy atom. The van der Waals surface area contributed by atoms with Crippen molar-refractivity contribution in [3.8, 4) is 0 Å². The Hall–Kier alpha value is -3.44. The summed E-state index contributed by atoms with van der Waals surface area (Å²) in [5.74, 6) is -7.06. The SMILES string of the molecule is CN(c1cc(F)c(S(=O)(=O)N(OC(=O)C(F)(F)F)c2cscn2)c(F)c1)[C@H]1CCN(Cc2cccc(C(F)F)c2)C1. The summed E-state index contributed by atoms with van der Waals surface area (Å²) in [6.45, 7) is 1.29. The van der Waals surface area contributed by atoms with Gasteiger partial charge >= 0.3 is 22.2 Å². The number of alkyl halides is 5. The van der Waals surface area contributed by atoms with Gasteiger partial charge in [0.25, 0.3) is 6.43 Å². The van der Waals surface area contributed by atoms with Gasteiger partial charge in [0.2, 0.25) is 0 Å². The van der Waals surface area contributed by atoms with E-state index >= 15 is 8.78 Å². The largest absolute Gasteiger partial charge is 0.493 e. The third-order valence-electron chi connectivity index (χ3n) is 6.27. The van der Waals surface area contributed by atoms with Crippen LogP contribution in [0.4, 0.5) is 42.2 Å². The molecule has 8 nitrogen and oxygen atoms in total. The molecule has 0 radical (unpaired) electrons. The highest BCUT2D eigenvalue weighted by Crippen LogP contribution is 2.33. The van der Waals surface area contributed by atoms with Crippen LogP contribution in [0.1, 0.15) is 24.0 Å². The molecule has 4 rings (SSSR count). The molecule has 1 aliphatic rings. The smallest absolute Gasteiger partial charge is 0.370 e. The van der Waals surface area contributed by atoms with Gasteiger partial charge in [0.15, 0.2) is 10.7 Å². The first kappa shape index (κ1) is 30.5. The molecule has 1 aliphatic heterocycles. The Morgan fingerprint density at radius 1 is 1.20 bits per heavy atom. The van der Waals surface area contributed by atoms with Crippen molar-refractivity contribution in [3.05, 3.63) is 70.1 Å². The number of rotatable bonds is 9. The molecule has 0 bridgehead atoms. The predicted octanol–water partition coefficient (Wildman–Crippen LogP) is 5.29. The van der Waals surface area contributed by atoms with E-state index in [1.165, 1.54) is 30.1 Å². The van der Waals surface area contributed by atoms with E-state index in [9.17, 15) is 35.2 Å². The van der Waals surface area contributed by atoms with Crippen molar-refractivity contribution in [1.82, 2.24) is 9.88 Å². The van der Waals surface area contributed by atoms with Crippen LogP contribution in [0.25, 0.3) is 0 Å². The van der Waals surface area contributed by atoms with Crippen LogP contribution in [0.5, 0.6) is 0 Å². The number of likely N-dealkylation sites (N-methyl/N-ethyl adjacent to an activating group) is 1. The molecule has 1 atom stereocenters. The number of carbonyl (C=O) groups is 1. The minimum Gasteiger partial charge on any atom is -0.370 e. The first-order chi connectivity index (χ1) is 19.2. The van der Waals surface area contributed by atoms with Crippen LogP contribution in [0.15, 0.2) is 52.2 Å². The van der Waals surface area contributed by atoms with Crippen molar-refractivity contribution in [3.63, 3.8) is 0 Å². The van der Waals surface area contributed by atoms with Crippen molar-refractivity contribution in [2.75, 3.05) is 29.5 Å². The first-order valence-electron chi connectivity index (χ1n) is 11.7. The molecule has 2 aromatic carbocycles. The molecule has 0 saturated carbocycles. The van der Waals surface area contributed by atoms with Crippen molar-refractivity contribution in [2.24, 2.45) is 0 Å². The lowest BCUT2D eigenvalue weighted by Crippen LogP contribution is -2.39. The van der Waals surface area contributed by atoms with Gasteiger partial charge in [0.1, 0.15) is 11.6 Å². The fraction of sp³-hybridized carbons (Fsp3) is 0.333. The highest BCUT2D eigenvalue weighted by molar-refractivity contribution is 7.92. The summed E-state index contributed by atoms with van der Waals surface area (Å²) in [6.07, 6.45) is -7.71. The van der Waals surface area contributed by atoms with Crippen molar-refractivity contribution < 1.29 is 48.8 Å². The van der Waals surface area contributed by atoms with E-state index in [1.54, 1.807) is 6.07 Å². The second kappa shape index (κ2) is 11.8. The number of sulfonamides is 1. The predicted molar refractivity (Wildman–Crippen MR) is 134 cm³/mol. The van der Waals surface area contributed by atoms with Crippen LogP contribution in [-0.4, -0.2) is 56.6 Å². The van der Waals surface area contributed by atoms with Gasteiger partial charge in [-0.1, -0.05) is 22.7 Å². The molecule has 17 heteroatoms. The highest BCUT2D eigenvalue weighted by Gasteiger charge is 2.46. The maximum Gasteiger partial charge on any atom is 0.493 e. The second-order valence-electron chi connectivity index (χ2n) is 9.03. The lowest BCUT2D eigenvalue weighted by molar-refractivity contribution is -0.199. The standard InChI is InChI=1S/C24H21F7N4O4S2/c1-33(16-5-6-34(11-16)10-14-3-2-4-15(7-14)22(27)28)17-8-18(25)21(19(26)9-17)41(37,38)35(20-12-40-13-32-20)39-23(36)24(29,30)31/h2-4,7-9,12-13,16,22H,5-6,10-11H2,1H3/t16-/m0/s1. The maximum absolute atomic E-state index is 15.2. The zero-order chi connectivity index (χ0) is 30.1. The van der Waals surface area contributed by atoms with E-state index in [2.05, 4.69) is 9.82 Å². The fourth-order valence-corrected chi connectivity index (χ4v) is 6.15. The molecule has 1 aromatic heterocycles. The van der Waals surface area contributed by atoms with Gasteiger partial charge < -0.3 is 9.74 Å². The van der Waals surface area contributed by atoms with Gasteiger partial charge in [-0.2, -0.15) is 21.6 Å². The average molecular weight is 627 g/mol. The number of hydrogen-bond acceptors (Lipinski definition) is 8. The van der Waals surface area contributed by atoms with Crippen molar-refractivity contribution >= 4 is 38.8 Å². The van der Waals surface area contributed by atoms with E-state index < -0.39 is 55.4 Å². The minimum atomic E-state index is -5.62. The fourth-order valence-electron chi connectivity index (χ4n) is 4.29. The number of hydrogen-bond donors (Lipinski definition) is 0. The number of benzene rings is 2. The summed E-state index contributed by atoms with van der Waals surface area (Å²) in [4.78, 5) is 20.6. The van der Waals surface area contributed by atoms with Crippen molar-refractivity contribution in [1.29, 1.82) is 0 Å². The Bertz CT molecular complexity index is 1480. The van der Waals surface area contributed by atoms with Gasteiger partial charge in [-0.25, -0.2) is 27.3 Å². The molecular formula is C24H21F7N4O4S2. The Kier molecular flexibility index (Phi) is 8.79. The number of halogens is 7. The van der Waals surface area contributed by atoms with E-state index in [0.717, 1.165) is 22.2 Å². The topological polar surface area (TPSA) is 83.1 Å². The van der Waals surface area contributed by atoms with Gasteiger partial charge in [-0.3, -0.25) is 4.90 Å². The highest BCUT2D eigenvalue weighted by atomic mass is 32.2. The van der Waals surface area contributed by atoms with Crippen molar-refractivity contribution in [2.45, 2.75) is 36.5 Å². The molecule has 1 fully saturated rings. The molecule has 0 spiro atoms. The first-order valence-corrected chi connectivity index (χ1v) is 14.1. The molecule has 0 N–H and O–H groups in total. The third-order valence-corrected chi connectivity index (χ3v) is 8.45. The lowest BCUT2D eigenvalue weighted by atomic mass is 10.1. The number of carbonyl (C=O) groups excluding carboxylic acids is 1. The van der Waals surface area contributed by atoms with Crippen LogP contribution in [0.3, 0.4) is 0 Å². The molecule has 3 aromatic rings. The van der Waals surface area contributed by atoms with E-state index in [0.29, 0.717) is 43.8 Å². The summed E-state index contributed by atoms with van der Waals surface area (Å²) < 4.78 is 120. The summed E-state index contributed by atoms with van der Waals surface area (Å²) in [6, 6.07) is 7.02. The van der Waals surface area contributed by atoms with Gasteiger partial charge in [0.05, 0.1) is 5.51 Å². The molecule has 0 amide bonds. The minimum absolute atomic E-state index is 0.0713. The van der Waals surface area contributed by atoms with Crippen LogP contribution in [0, 0.1) is 11.6 Å². The zero-order valence-corrected chi connectivity index (χ0v) is 22.6. The third kappa shape index (κ3) is 6.73. The lowest BCUT2D eigenvalue weighted by Gasteiger charge is -2.28. The Balaban J connectivity index is 1.54. The van der Waals surface area contributed by atoms with Gasteiger partial charge in [-0.15, -0.1) is 11.3 Å².